The zero-order valence-corrected chi connectivity index (χ0v) is 14.5. The molecule has 6 rings (SSSR count). The number of hydrogen-bond acceptors (Lipinski definition) is 2. The Morgan fingerprint density at radius 1 is 1.17 bits per heavy atom. The van der Waals surface area contributed by atoms with Crippen molar-refractivity contribution in [1.82, 2.24) is 9.80 Å². The van der Waals surface area contributed by atoms with Gasteiger partial charge in [-0.2, -0.15) is 0 Å². The normalized spacial score (nSPS) is 51.9. The maximum Gasteiger partial charge on any atom is 0.320 e. The van der Waals surface area contributed by atoms with Crippen molar-refractivity contribution in [2.24, 2.45) is 23.7 Å². The fraction of sp³-hybridized carbons (Fsp3) is 0.947. The molecule has 1 aliphatic heterocycles. The SMILES string of the molecule is CCN1C(=O)N(C2C3CC4CC2CC(O)(C4)C3)C[C@]1(C)C1CC1. The molecule has 5 aliphatic carbocycles. The molecule has 0 spiro atoms. The topological polar surface area (TPSA) is 43.8 Å². The average Bonchev–Trinajstić information content (AvgIpc) is 3.26. The maximum atomic E-state index is 13.2. The van der Waals surface area contributed by atoms with Gasteiger partial charge in [0.05, 0.1) is 11.1 Å². The lowest BCUT2D eigenvalue weighted by atomic mass is 9.52. The Morgan fingerprint density at radius 2 is 1.83 bits per heavy atom. The second-order valence-corrected chi connectivity index (χ2v) is 9.47. The number of carbonyl (C=O) groups is 1. The molecule has 5 saturated carbocycles. The van der Waals surface area contributed by atoms with Crippen LogP contribution < -0.4 is 0 Å². The Kier molecular flexibility index (Phi) is 2.81. The number of urea groups is 1. The lowest BCUT2D eigenvalue weighted by molar-refractivity contribution is -0.152. The highest BCUT2D eigenvalue weighted by atomic mass is 16.3. The lowest BCUT2D eigenvalue weighted by Crippen LogP contribution is -2.62. The van der Waals surface area contributed by atoms with Crippen LogP contribution in [0.15, 0.2) is 0 Å². The van der Waals surface area contributed by atoms with Crippen LogP contribution in [0.5, 0.6) is 0 Å². The summed E-state index contributed by atoms with van der Waals surface area (Å²) in [5, 5.41) is 10.8. The highest BCUT2D eigenvalue weighted by Crippen LogP contribution is 2.58. The summed E-state index contributed by atoms with van der Waals surface area (Å²) in [5.41, 5.74) is -0.350. The highest BCUT2D eigenvalue weighted by molar-refractivity contribution is 5.79. The Morgan fingerprint density at radius 3 is 2.35 bits per heavy atom. The van der Waals surface area contributed by atoms with E-state index in [2.05, 4.69) is 23.6 Å². The van der Waals surface area contributed by atoms with E-state index in [1.54, 1.807) is 0 Å². The van der Waals surface area contributed by atoms with Crippen molar-refractivity contribution < 1.29 is 9.90 Å². The van der Waals surface area contributed by atoms with Crippen molar-refractivity contribution in [3.05, 3.63) is 0 Å². The van der Waals surface area contributed by atoms with Crippen molar-refractivity contribution in [3.63, 3.8) is 0 Å². The summed E-state index contributed by atoms with van der Waals surface area (Å²) >= 11 is 0. The predicted molar refractivity (Wildman–Crippen MR) is 87.9 cm³/mol. The molecule has 0 aromatic heterocycles. The molecule has 2 unspecified atom stereocenters. The summed E-state index contributed by atoms with van der Waals surface area (Å²) in [6.45, 7) is 6.19. The summed E-state index contributed by atoms with van der Waals surface area (Å²) < 4.78 is 0. The number of likely N-dealkylation sites (N-methyl/N-ethyl adjacent to an activating group) is 1. The molecule has 6 fully saturated rings. The van der Waals surface area contributed by atoms with Crippen LogP contribution in [-0.4, -0.2) is 51.2 Å². The molecule has 0 aromatic rings. The van der Waals surface area contributed by atoms with Gasteiger partial charge in [0.2, 0.25) is 0 Å². The smallest absolute Gasteiger partial charge is 0.320 e. The third kappa shape index (κ3) is 1.90. The molecule has 0 aromatic carbocycles. The van der Waals surface area contributed by atoms with Crippen LogP contribution in [0.2, 0.25) is 0 Å². The van der Waals surface area contributed by atoms with E-state index >= 15 is 0 Å². The Hall–Kier alpha value is -0.770. The van der Waals surface area contributed by atoms with Gasteiger partial charge in [0, 0.05) is 19.1 Å². The van der Waals surface area contributed by atoms with Gasteiger partial charge >= 0.3 is 6.03 Å². The monoisotopic (exact) mass is 318 g/mol. The molecule has 4 nitrogen and oxygen atoms in total. The second kappa shape index (κ2) is 4.44. The summed E-state index contributed by atoms with van der Waals surface area (Å²) in [4.78, 5) is 17.6. The van der Waals surface area contributed by atoms with Crippen LogP contribution in [0.1, 0.15) is 58.8 Å². The van der Waals surface area contributed by atoms with Crippen molar-refractivity contribution in [3.8, 4) is 0 Å². The Balaban J connectivity index is 1.45. The number of carbonyl (C=O) groups excluding carboxylic acids is 1. The molecule has 6 aliphatic rings. The van der Waals surface area contributed by atoms with Gasteiger partial charge in [-0.15, -0.1) is 0 Å². The Bertz CT molecular complexity index is 529. The van der Waals surface area contributed by atoms with Crippen molar-refractivity contribution >= 4 is 6.03 Å². The summed E-state index contributed by atoms with van der Waals surface area (Å²) in [6, 6.07) is 0.681. The fourth-order valence-corrected chi connectivity index (χ4v) is 7.12. The van der Waals surface area contributed by atoms with E-state index in [1.165, 1.54) is 25.7 Å². The van der Waals surface area contributed by atoms with Gasteiger partial charge in [-0.25, -0.2) is 4.79 Å². The lowest BCUT2D eigenvalue weighted by Gasteiger charge is -2.59. The number of rotatable bonds is 3. The first-order valence-electron chi connectivity index (χ1n) is 9.74. The number of nitrogens with zero attached hydrogens (tertiary/aromatic N) is 2. The van der Waals surface area contributed by atoms with Crippen LogP contribution in [0.4, 0.5) is 4.79 Å². The molecule has 23 heavy (non-hydrogen) atoms. The highest BCUT2D eigenvalue weighted by Gasteiger charge is 2.61. The molecule has 0 radical (unpaired) electrons. The zero-order valence-electron chi connectivity index (χ0n) is 14.5. The summed E-state index contributed by atoms with van der Waals surface area (Å²) in [6.07, 6.45) is 7.92. The molecule has 3 atom stereocenters. The molecule has 1 heterocycles. The van der Waals surface area contributed by atoms with Gasteiger partial charge in [0.25, 0.3) is 0 Å². The molecule has 4 heteroatoms. The second-order valence-electron chi connectivity index (χ2n) is 9.47. The quantitative estimate of drug-likeness (QED) is 0.869. The van der Waals surface area contributed by atoms with E-state index in [-0.39, 0.29) is 11.6 Å². The predicted octanol–water partition coefficient (Wildman–Crippen LogP) is 2.85. The van der Waals surface area contributed by atoms with E-state index in [9.17, 15) is 9.90 Å². The molecule has 1 N–H and O–H groups in total. The van der Waals surface area contributed by atoms with Crippen LogP contribution in [0.25, 0.3) is 0 Å². The van der Waals surface area contributed by atoms with Crippen LogP contribution in [0.3, 0.4) is 0 Å². The molecular weight excluding hydrogens is 288 g/mol. The van der Waals surface area contributed by atoms with Gasteiger partial charge < -0.3 is 14.9 Å². The standard InChI is InChI=1S/C19H30N2O2/c1-3-21-17(22)20(11-18(21,2)15-4-5-15)16-13-6-12-7-14(16)10-19(23,8-12)9-13/h12-16,23H,3-11H2,1-2H3/t12?,13?,14?,16?,18-,19?/m1/s1. The maximum absolute atomic E-state index is 13.2. The van der Waals surface area contributed by atoms with Crippen LogP contribution in [-0.2, 0) is 0 Å². The van der Waals surface area contributed by atoms with E-state index < -0.39 is 5.60 Å². The Labute approximate surface area is 139 Å². The first-order chi connectivity index (χ1) is 10.9. The van der Waals surface area contributed by atoms with Crippen molar-refractivity contribution in [2.75, 3.05) is 13.1 Å². The minimum Gasteiger partial charge on any atom is -0.390 e. The van der Waals surface area contributed by atoms with Gasteiger partial charge in [0.1, 0.15) is 0 Å². The van der Waals surface area contributed by atoms with E-state index in [1.807, 2.05) is 0 Å². The van der Waals surface area contributed by atoms with Crippen molar-refractivity contribution in [2.45, 2.75) is 76.0 Å². The molecular formula is C19H30N2O2. The first kappa shape index (κ1) is 14.6. The largest absolute Gasteiger partial charge is 0.390 e. The van der Waals surface area contributed by atoms with Crippen LogP contribution >= 0.6 is 0 Å². The molecule has 2 amide bonds. The third-order valence-electron chi connectivity index (χ3n) is 7.91. The van der Waals surface area contributed by atoms with Crippen LogP contribution in [0, 0.1) is 23.7 Å². The van der Waals surface area contributed by atoms with Crippen molar-refractivity contribution in [1.29, 1.82) is 0 Å². The van der Waals surface area contributed by atoms with Gasteiger partial charge in [-0.05, 0) is 82.5 Å². The zero-order chi connectivity index (χ0) is 16.0. The molecule has 4 bridgehead atoms. The number of aliphatic hydroxyl groups is 1. The minimum absolute atomic E-state index is 0.0530. The van der Waals surface area contributed by atoms with Gasteiger partial charge in [0.15, 0.2) is 0 Å². The number of hydrogen-bond donors (Lipinski definition) is 1. The summed E-state index contributed by atoms with van der Waals surface area (Å²) in [7, 11) is 0. The molecule has 128 valence electrons. The van der Waals surface area contributed by atoms with E-state index in [0.29, 0.717) is 29.7 Å². The average molecular weight is 318 g/mol. The first-order valence-corrected chi connectivity index (χ1v) is 9.74. The summed E-state index contributed by atoms with van der Waals surface area (Å²) in [5.74, 6) is 2.49. The third-order valence-corrected chi connectivity index (χ3v) is 7.91. The van der Waals surface area contributed by atoms with E-state index in [4.69, 9.17) is 0 Å². The molecule has 1 saturated heterocycles. The fourth-order valence-electron chi connectivity index (χ4n) is 7.12. The van der Waals surface area contributed by atoms with Gasteiger partial charge in [-0.3, -0.25) is 0 Å². The van der Waals surface area contributed by atoms with E-state index in [0.717, 1.165) is 32.4 Å². The van der Waals surface area contributed by atoms with Gasteiger partial charge in [-0.1, -0.05) is 0 Å². The number of amides is 2. The minimum atomic E-state index is -0.403.